The summed E-state index contributed by atoms with van der Waals surface area (Å²) in [6.45, 7) is 2.58. The Balaban J connectivity index is 3.14. The van der Waals surface area contributed by atoms with Gasteiger partial charge in [-0.2, -0.15) is 0 Å². The van der Waals surface area contributed by atoms with Crippen molar-refractivity contribution in [1.29, 1.82) is 0 Å². The zero-order chi connectivity index (χ0) is 14.1. The molecule has 1 aliphatic rings. The number of carbonyl (C=O) groups excluding carboxylic acids is 1. The van der Waals surface area contributed by atoms with Crippen molar-refractivity contribution in [1.82, 2.24) is 0 Å². The maximum absolute atomic E-state index is 11.7. The average Bonchev–Trinajstić information content (AvgIpc) is 2.51. The van der Waals surface area contributed by atoms with E-state index in [4.69, 9.17) is 0 Å². The fourth-order valence-electron chi connectivity index (χ4n) is 2.06. The van der Waals surface area contributed by atoms with Gasteiger partial charge in [-0.15, -0.1) is 0 Å². The summed E-state index contributed by atoms with van der Waals surface area (Å²) in [5, 5.41) is 18.8. The molecule has 0 bridgehead atoms. The minimum atomic E-state index is -3.53. The van der Waals surface area contributed by atoms with Crippen LogP contribution < -0.4 is 0 Å². The smallest absolute Gasteiger partial charge is 0.323 e. The Morgan fingerprint density at radius 2 is 1.94 bits per heavy atom. The third-order valence-electron chi connectivity index (χ3n) is 3.21. The van der Waals surface area contributed by atoms with Crippen molar-refractivity contribution in [2.24, 2.45) is 11.3 Å². The van der Waals surface area contributed by atoms with Crippen molar-refractivity contribution in [3.05, 3.63) is 0 Å². The van der Waals surface area contributed by atoms with E-state index in [-0.39, 0.29) is 6.61 Å². The van der Waals surface area contributed by atoms with Crippen LogP contribution in [0.1, 0.15) is 13.8 Å². The molecule has 18 heavy (non-hydrogen) atoms. The molecule has 0 amide bonds. The predicted octanol–water partition coefficient (Wildman–Crippen LogP) is -0.954. The van der Waals surface area contributed by atoms with Gasteiger partial charge in [-0.05, 0) is 13.8 Å². The number of sulfone groups is 1. The molecule has 7 nitrogen and oxygen atoms in total. The first-order valence-corrected chi connectivity index (χ1v) is 7.26. The fraction of sp³-hybridized carbons (Fsp3) is 0.800. The number of carboxylic acid groups (broad SMARTS) is 1. The fourth-order valence-corrected chi connectivity index (χ4v) is 4.05. The number of aliphatic carboxylic acids is 1. The molecule has 8 heteroatoms. The molecule has 0 spiro atoms. The third-order valence-corrected chi connectivity index (χ3v) is 4.92. The quantitative estimate of drug-likeness (QED) is 0.503. The van der Waals surface area contributed by atoms with Gasteiger partial charge >= 0.3 is 11.9 Å². The molecule has 1 fully saturated rings. The molecule has 3 atom stereocenters. The van der Waals surface area contributed by atoms with Crippen molar-refractivity contribution in [2.45, 2.75) is 20.0 Å². The van der Waals surface area contributed by atoms with Gasteiger partial charge in [0.15, 0.2) is 15.3 Å². The molecule has 0 radical (unpaired) electrons. The lowest BCUT2D eigenvalue weighted by Crippen LogP contribution is -2.48. The second-order valence-corrected chi connectivity index (χ2v) is 6.63. The van der Waals surface area contributed by atoms with Gasteiger partial charge in [0, 0.05) is 5.92 Å². The van der Waals surface area contributed by atoms with E-state index >= 15 is 0 Å². The number of rotatable bonds is 4. The van der Waals surface area contributed by atoms with Crippen molar-refractivity contribution < 1.29 is 33.0 Å². The first-order valence-electron chi connectivity index (χ1n) is 5.44. The van der Waals surface area contributed by atoms with Crippen LogP contribution in [0.5, 0.6) is 0 Å². The Kier molecular flexibility index (Phi) is 4.02. The van der Waals surface area contributed by atoms with Gasteiger partial charge in [0.05, 0.1) is 24.2 Å². The van der Waals surface area contributed by atoms with Gasteiger partial charge in [-0.1, -0.05) is 0 Å². The second-order valence-electron chi connectivity index (χ2n) is 4.48. The summed E-state index contributed by atoms with van der Waals surface area (Å²) < 4.78 is 27.5. The average molecular weight is 280 g/mol. The molecule has 1 aliphatic heterocycles. The molecule has 1 saturated heterocycles. The van der Waals surface area contributed by atoms with Crippen LogP contribution in [0, 0.1) is 11.3 Å². The Labute approximate surface area is 105 Å². The first kappa shape index (κ1) is 14.9. The minimum Gasteiger partial charge on any atom is -0.480 e. The van der Waals surface area contributed by atoms with E-state index < -0.39 is 50.7 Å². The lowest BCUT2D eigenvalue weighted by Gasteiger charge is -2.29. The highest BCUT2D eigenvalue weighted by molar-refractivity contribution is 7.91. The number of carbonyl (C=O) groups is 2. The number of ether oxygens (including phenoxy) is 1. The van der Waals surface area contributed by atoms with E-state index in [1.807, 2.05) is 0 Å². The highest BCUT2D eigenvalue weighted by Crippen LogP contribution is 2.37. The standard InChI is InChI=1S/C10H16O7S/c1-3-17-9(14)10(2,8(12)13)6-4-18(15,16)5-7(6)11/h6-7,11H,3-5H2,1-2H3,(H,12,13). The van der Waals surface area contributed by atoms with E-state index in [2.05, 4.69) is 4.74 Å². The highest BCUT2D eigenvalue weighted by Gasteiger charge is 2.57. The summed E-state index contributed by atoms with van der Waals surface area (Å²) in [6.07, 6.45) is -1.37. The third kappa shape index (κ3) is 2.49. The maximum atomic E-state index is 11.7. The highest BCUT2D eigenvalue weighted by atomic mass is 32.2. The van der Waals surface area contributed by atoms with Gasteiger partial charge in [-0.25, -0.2) is 8.42 Å². The maximum Gasteiger partial charge on any atom is 0.323 e. The molecule has 0 aromatic rings. The molecule has 3 unspecified atom stereocenters. The normalized spacial score (nSPS) is 29.5. The molecule has 0 saturated carbocycles. The van der Waals surface area contributed by atoms with Gasteiger partial charge in [0.2, 0.25) is 0 Å². The number of hydrogen-bond donors (Lipinski definition) is 2. The van der Waals surface area contributed by atoms with E-state index in [0.29, 0.717) is 0 Å². The Hall–Kier alpha value is -1.15. The molecule has 2 N–H and O–H groups in total. The summed E-state index contributed by atoms with van der Waals surface area (Å²) in [7, 11) is -3.53. The number of hydrogen-bond acceptors (Lipinski definition) is 6. The minimum absolute atomic E-state index is 0.0166. The summed E-state index contributed by atoms with van der Waals surface area (Å²) in [4.78, 5) is 23.0. The lowest BCUT2D eigenvalue weighted by atomic mass is 9.75. The van der Waals surface area contributed by atoms with Gasteiger partial charge < -0.3 is 14.9 Å². The monoisotopic (exact) mass is 280 g/mol. The predicted molar refractivity (Wildman–Crippen MR) is 60.5 cm³/mol. The zero-order valence-electron chi connectivity index (χ0n) is 10.1. The van der Waals surface area contributed by atoms with Crippen LogP contribution in [0.3, 0.4) is 0 Å². The van der Waals surface area contributed by atoms with Gasteiger partial charge in [-0.3, -0.25) is 9.59 Å². The van der Waals surface area contributed by atoms with Crippen LogP contribution in [0.15, 0.2) is 0 Å². The van der Waals surface area contributed by atoms with Crippen LogP contribution in [0.4, 0.5) is 0 Å². The molecule has 1 heterocycles. The Morgan fingerprint density at radius 1 is 1.39 bits per heavy atom. The van der Waals surface area contributed by atoms with Crippen LogP contribution in [-0.2, 0) is 24.2 Å². The molecular formula is C10H16O7S. The second kappa shape index (κ2) is 4.85. The van der Waals surface area contributed by atoms with Gasteiger partial charge in [0.25, 0.3) is 0 Å². The molecule has 0 aliphatic carbocycles. The molecule has 1 rings (SSSR count). The van der Waals surface area contributed by atoms with Crippen LogP contribution in [0.25, 0.3) is 0 Å². The molecule has 0 aromatic heterocycles. The number of carboxylic acids is 1. The van der Waals surface area contributed by atoms with E-state index in [0.717, 1.165) is 6.92 Å². The van der Waals surface area contributed by atoms with Crippen molar-refractivity contribution in [3.8, 4) is 0 Å². The van der Waals surface area contributed by atoms with Crippen LogP contribution in [0.2, 0.25) is 0 Å². The molecular weight excluding hydrogens is 264 g/mol. The summed E-state index contributed by atoms with van der Waals surface area (Å²) in [5.41, 5.74) is -2.06. The number of aliphatic hydroxyl groups excluding tert-OH is 1. The zero-order valence-corrected chi connectivity index (χ0v) is 10.9. The Bertz CT molecular complexity index is 455. The topological polar surface area (TPSA) is 118 Å². The molecule has 104 valence electrons. The summed E-state index contributed by atoms with van der Waals surface area (Å²) in [5.74, 6) is -4.78. The van der Waals surface area contributed by atoms with E-state index in [9.17, 15) is 28.2 Å². The Morgan fingerprint density at radius 3 is 2.28 bits per heavy atom. The largest absolute Gasteiger partial charge is 0.480 e. The van der Waals surface area contributed by atoms with Crippen molar-refractivity contribution in [2.75, 3.05) is 18.1 Å². The number of aliphatic hydroxyl groups is 1. The van der Waals surface area contributed by atoms with Crippen LogP contribution >= 0.6 is 0 Å². The SMILES string of the molecule is CCOC(=O)C(C)(C(=O)O)C1CS(=O)(=O)CC1O. The van der Waals surface area contributed by atoms with E-state index in [1.54, 1.807) is 0 Å². The van der Waals surface area contributed by atoms with E-state index in [1.165, 1.54) is 6.92 Å². The van der Waals surface area contributed by atoms with Crippen molar-refractivity contribution in [3.63, 3.8) is 0 Å². The van der Waals surface area contributed by atoms with Crippen LogP contribution in [-0.4, -0.2) is 54.8 Å². The number of esters is 1. The summed E-state index contributed by atoms with van der Waals surface area (Å²) >= 11 is 0. The molecule has 0 aromatic carbocycles. The summed E-state index contributed by atoms with van der Waals surface area (Å²) in [6, 6.07) is 0. The lowest BCUT2D eigenvalue weighted by molar-refractivity contribution is -0.173. The first-order chi connectivity index (χ1) is 8.15. The van der Waals surface area contributed by atoms with Gasteiger partial charge in [0.1, 0.15) is 0 Å². The van der Waals surface area contributed by atoms with Crippen molar-refractivity contribution >= 4 is 21.8 Å².